The Balaban J connectivity index is 1.70. The second-order valence-corrected chi connectivity index (χ2v) is 7.02. The molecule has 2 nitrogen and oxygen atoms in total. The molecule has 92 valence electrons. The van der Waals surface area contributed by atoms with Crippen molar-refractivity contribution in [2.45, 2.75) is 37.5 Å². The second kappa shape index (κ2) is 4.21. The molecule has 0 radical (unpaired) electrons. The van der Waals surface area contributed by atoms with Crippen LogP contribution in [0.4, 0.5) is 5.69 Å². The fourth-order valence-corrected chi connectivity index (χ4v) is 3.02. The van der Waals surface area contributed by atoms with E-state index in [9.17, 15) is 0 Å². The van der Waals surface area contributed by atoms with Gasteiger partial charge < -0.3 is 9.62 Å². The molecule has 2 aliphatic rings. The van der Waals surface area contributed by atoms with Crippen LogP contribution in [0.2, 0.25) is 0 Å². The molecule has 3 heteroatoms. The van der Waals surface area contributed by atoms with Gasteiger partial charge in [-0.3, -0.25) is 0 Å². The number of anilines is 1. The van der Waals surface area contributed by atoms with Crippen LogP contribution in [0.3, 0.4) is 0 Å². The van der Waals surface area contributed by atoms with Crippen molar-refractivity contribution < 1.29 is 0 Å². The van der Waals surface area contributed by atoms with Crippen LogP contribution in [0, 0.1) is 0 Å². The minimum absolute atomic E-state index is 0.496. The van der Waals surface area contributed by atoms with Crippen molar-refractivity contribution in [1.82, 2.24) is 4.90 Å². The van der Waals surface area contributed by atoms with Gasteiger partial charge in [0, 0.05) is 23.5 Å². The summed E-state index contributed by atoms with van der Waals surface area (Å²) in [5.74, 6) is 0. The van der Waals surface area contributed by atoms with Crippen molar-refractivity contribution in [3.63, 3.8) is 0 Å². The predicted octanol–water partition coefficient (Wildman–Crippen LogP) is 3.29. The molecule has 0 aromatic heterocycles. The average Bonchev–Trinajstić information content (AvgIpc) is 3.05. The molecule has 3 rings (SSSR count). The van der Waals surface area contributed by atoms with Crippen molar-refractivity contribution in [2.75, 3.05) is 18.3 Å². The van der Waals surface area contributed by atoms with Gasteiger partial charge >= 0.3 is 0 Å². The molecule has 1 saturated carbocycles. The van der Waals surface area contributed by atoms with Crippen molar-refractivity contribution in [2.24, 2.45) is 0 Å². The molecular formula is C14H20N2S. The summed E-state index contributed by atoms with van der Waals surface area (Å²) in [4.78, 5) is 2.38. The number of benzene rings is 1. The Bertz CT molecular complexity index is 426. The van der Waals surface area contributed by atoms with Gasteiger partial charge in [0.05, 0.1) is 0 Å². The first-order valence-electron chi connectivity index (χ1n) is 6.39. The van der Waals surface area contributed by atoms with Gasteiger partial charge in [0.2, 0.25) is 0 Å². The lowest BCUT2D eigenvalue weighted by atomic mass is 10.00. The highest BCUT2D eigenvalue weighted by Gasteiger charge is 2.38. The zero-order valence-electron chi connectivity index (χ0n) is 10.6. The van der Waals surface area contributed by atoms with Crippen molar-refractivity contribution in [1.29, 1.82) is 0 Å². The standard InChI is InChI=1S/C14H20N2S/c1-14(6-7-14)17-15-13-4-3-12-10-16(2)8-5-11(12)9-13/h3-4,9,15H,5-8,10H2,1-2H3. The van der Waals surface area contributed by atoms with E-state index in [1.165, 1.54) is 42.6 Å². The molecule has 1 aliphatic heterocycles. The summed E-state index contributed by atoms with van der Waals surface area (Å²) in [6, 6.07) is 6.83. The average molecular weight is 248 g/mol. The first kappa shape index (κ1) is 11.4. The van der Waals surface area contributed by atoms with E-state index in [0.29, 0.717) is 4.75 Å². The van der Waals surface area contributed by atoms with Gasteiger partial charge in [0.15, 0.2) is 0 Å². The quantitative estimate of drug-likeness (QED) is 0.826. The molecule has 0 amide bonds. The normalized spacial score (nSPS) is 22.0. The SMILES string of the molecule is CN1CCc2cc(NSC3(C)CC3)ccc2C1. The summed E-state index contributed by atoms with van der Waals surface area (Å²) in [7, 11) is 2.19. The highest BCUT2D eigenvalue weighted by molar-refractivity contribution is 8.02. The van der Waals surface area contributed by atoms with Crippen molar-refractivity contribution in [3.05, 3.63) is 29.3 Å². The van der Waals surface area contributed by atoms with E-state index < -0.39 is 0 Å². The van der Waals surface area contributed by atoms with Crippen LogP contribution in [-0.4, -0.2) is 23.2 Å². The van der Waals surface area contributed by atoms with E-state index >= 15 is 0 Å². The Morgan fingerprint density at radius 1 is 1.29 bits per heavy atom. The van der Waals surface area contributed by atoms with Gasteiger partial charge in [-0.25, -0.2) is 0 Å². The smallest absolute Gasteiger partial charge is 0.0443 e. The first-order valence-corrected chi connectivity index (χ1v) is 7.21. The maximum absolute atomic E-state index is 3.51. The van der Waals surface area contributed by atoms with Gasteiger partial charge in [-0.2, -0.15) is 0 Å². The number of hydrogen-bond acceptors (Lipinski definition) is 3. The Hall–Kier alpha value is -0.670. The molecule has 0 bridgehead atoms. The molecule has 1 aromatic carbocycles. The van der Waals surface area contributed by atoms with Gasteiger partial charge in [-0.1, -0.05) is 6.07 Å². The fourth-order valence-electron chi connectivity index (χ4n) is 2.22. The largest absolute Gasteiger partial charge is 0.329 e. The lowest BCUT2D eigenvalue weighted by Crippen LogP contribution is -2.26. The summed E-state index contributed by atoms with van der Waals surface area (Å²) >= 11 is 1.89. The third-order valence-electron chi connectivity index (χ3n) is 3.78. The molecule has 0 atom stereocenters. The van der Waals surface area contributed by atoms with E-state index in [1.54, 1.807) is 0 Å². The minimum atomic E-state index is 0.496. The highest BCUT2D eigenvalue weighted by Crippen LogP contribution is 2.47. The summed E-state index contributed by atoms with van der Waals surface area (Å²) in [5.41, 5.74) is 4.29. The van der Waals surface area contributed by atoms with Crippen LogP contribution in [0.1, 0.15) is 30.9 Å². The van der Waals surface area contributed by atoms with Crippen LogP contribution in [0.25, 0.3) is 0 Å². The van der Waals surface area contributed by atoms with Crippen LogP contribution < -0.4 is 4.72 Å². The van der Waals surface area contributed by atoms with E-state index in [0.717, 1.165) is 6.54 Å². The van der Waals surface area contributed by atoms with Gasteiger partial charge in [0.25, 0.3) is 0 Å². The fraction of sp³-hybridized carbons (Fsp3) is 0.571. The summed E-state index contributed by atoms with van der Waals surface area (Å²) < 4.78 is 4.01. The van der Waals surface area contributed by atoms with E-state index in [1.807, 2.05) is 11.9 Å². The number of nitrogens with zero attached hydrogens (tertiary/aromatic N) is 1. The second-order valence-electron chi connectivity index (χ2n) is 5.63. The molecule has 1 N–H and O–H groups in total. The number of likely N-dealkylation sites (N-methyl/N-ethyl adjacent to an activating group) is 1. The first-order chi connectivity index (χ1) is 8.15. The van der Waals surface area contributed by atoms with Crippen LogP contribution in [0.15, 0.2) is 18.2 Å². The number of rotatable bonds is 3. The van der Waals surface area contributed by atoms with E-state index in [2.05, 4.69) is 41.8 Å². The summed E-state index contributed by atoms with van der Waals surface area (Å²) in [6.07, 6.45) is 3.88. The lowest BCUT2D eigenvalue weighted by Gasteiger charge is -2.25. The number of hydrogen-bond donors (Lipinski definition) is 1. The molecule has 0 saturated heterocycles. The Kier molecular flexibility index (Phi) is 2.83. The topological polar surface area (TPSA) is 15.3 Å². The van der Waals surface area contributed by atoms with E-state index in [-0.39, 0.29) is 0 Å². The van der Waals surface area contributed by atoms with Crippen LogP contribution >= 0.6 is 11.9 Å². The van der Waals surface area contributed by atoms with Crippen LogP contribution in [0.5, 0.6) is 0 Å². The maximum Gasteiger partial charge on any atom is 0.0443 e. The molecule has 0 spiro atoms. The third-order valence-corrected chi connectivity index (χ3v) is 5.02. The molecule has 0 unspecified atom stereocenters. The lowest BCUT2D eigenvalue weighted by molar-refractivity contribution is 0.313. The molecule has 17 heavy (non-hydrogen) atoms. The Labute approximate surface area is 108 Å². The maximum atomic E-state index is 3.51. The monoisotopic (exact) mass is 248 g/mol. The van der Waals surface area contributed by atoms with Gasteiger partial charge in [-0.15, -0.1) is 0 Å². The number of nitrogens with one attached hydrogen (secondary N) is 1. The third kappa shape index (κ3) is 2.61. The Morgan fingerprint density at radius 2 is 2.12 bits per heavy atom. The molecule has 1 heterocycles. The summed E-state index contributed by atoms with van der Waals surface area (Å²) in [5, 5.41) is 0. The highest BCUT2D eigenvalue weighted by atomic mass is 32.2. The van der Waals surface area contributed by atoms with E-state index in [4.69, 9.17) is 0 Å². The Morgan fingerprint density at radius 3 is 2.88 bits per heavy atom. The molecular weight excluding hydrogens is 228 g/mol. The number of fused-ring (bicyclic) bond motifs is 1. The zero-order valence-corrected chi connectivity index (χ0v) is 11.4. The molecule has 1 aromatic rings. The summed E-state index contributed by atoms with van der Waals surface area (Å²) in [6.45, 7) is 4.61. The zero-order chi connectivity index (χ0) is 11.9. The minimum Gasteiger partial charge on any atom is -0.329 e. The predicted molar refractivity (Wildman–Crippen MR) is 75.3 cm³/mol. The molecule has 1 fully saturated rings. The van der Waals surface area contributed by atoms with Crippen molar-refractivity contribution >= 4 is 17.6 Å². The molecule has 1 aliphatic carbocycles. The van der Waals surface area contributed by atoms with Crippen LogP contribution in [-0.2, 0) is 13.0 Å². The van der Waals surface area contributed by atoms with Gasteiger partial charge in [0.1, 0.15) is 0 Å². The van der Waals surface area contributed by atoms with Gasteiger partial charge in [-0.05, 0) is 68.4 Å². The van der Waals surface area contributed by atoms with Crippen molar-refractivity contribution in [3.8, 4) is 0 Å².